The van der Waals surface area contributed by atoms with Crippen molar-refractivity contribution in [2.75, 3.05) is 13.1 Å². The number of aromatic nitrogens is 2. The van der Waals surface area contributed by atoms with Gasteiger partial charge in [-0.15, -0.1) is 10.2 Å². The maximum atomic E-state index is 5.68. The first-order chi connectivity index (χ1) is 9.78. The summed E-state index contributed by atoms with van der Waals surface area (Å²) >= 11 is 0. The van der Waals surface area contributed by atoms with E-state index in [-0.39, 0.29) is 6.04 Å². The summed E-state index contributed by atoms with van der Waals surface area (Å²) in [7, 11) is 0. The van der Waals surface area contributed by atoms with Crippen LogP contribution in [0.4, 0.5) is 0 Å². The molecule has 0 bridgehead atoms. The summed E-state index contributed by atoms with van der Waals surface area (Å²) in [5.41, 5.74) is 1.43. The molecule has 1 aliphatic heterocycles. The molecule has 0 unspecified atom stereocenters. The molecule has 0 spiro atoms. The van der Waals surface area contributed by atoms with E-state index < -0.39 is 0 Å². The number of likely N-dealkylation sites (tertiary alicyclic amines) is 1. The Morgan fingerprint density at radius 3 is 2.80 bits per heavy atom. The van der Waals surface area contributed by atoms with Crippen LogP contribution in [0.25, 0.3) is 0 Å². The molecule has 4 nitrogen and oxygen atoms in total. The zero-order valence-electron chi connectivity index (χ0n) is 12.1. The summed E-state index contributed by atoms with van der Waals surface area (Å²) in [4.78, 5) is 2.44. The molecule has 1 aromatic carbocycles. The van der Waals surface area contributed by atoms with E-state index in [2.05, 4.69) is 52.4 Å². The van der Waals surface area contributed by atoms with Crippen molar-refractivity contribution in [2.45, 2.75) is 38.6 Å². The van der Waals surface area contributed by atoms with Gasteiger partial charge in [0, 0.05) is 13.0 Å². The van der Waals surface area contributed by atoms with Gasteiger partial charge in [0.2, 0.25) is 11.8 Å². The Labute approximate surface area is 119 Å². The molecule has 0 saturated carbocycles. The highest BCUT2D eigenvalue weighted by atomic mass is 16.4. The molecular formula is C16H21N3O. The number of benzene rings is 1. The van der Waals surface area contributed by atoms with Gasteiger partial charge < -0.3 is 4.42 Å². The number of aryl methyl sites for hydroxylation is 1. The first-order valence-corrected chi connectivity index (χ1v) is 7.39. The van der Waals surface area contributed by atoms with Crippen LogP contribution in [-0.4, -0.2) is 28.2 Å². The average Bonchev–Trinajstić information content (AvgIpc) is 3.17. The molecule has 2 aromatic rings. The SMILES string of the molecule is CCc1nnc([C@H](C)N2CC[C@@H](c3ccccc3)C2)o1. The first-order valence-electron chi connectivity index (χ1n) is 7.39. The molecule has 2 heterocycles. The van der Waals surface area contributed by atoms with Crippen LogP contribution in [0.1, 0.15) is 49.6 Å². The molecule has 0 radical (unpaired) electrons. The van der Waals surface area contributed by atoms with Crippen molar-refractivity contribution in [3.05, 3.63) is 47.7 Å². The van der Waals surface area contributed by atoms with Crippen molar-refractivity contribution >= 4 is 0 Å². The van der Waals surface area contributed by atoms with Gasteiger partial charge in [0.1, 0.15) is 0 Å². The van der Waals surface area contributed by atoms with Crippen LogP contribution >= 0.6 is 0 Å². The summed E-state index contributed by atoms with van der Waals surface area (Å²) in [6.07, 6.45) is 2.00. The topological polar surface area (TPSA) is 42.2 Å². The lowest BCUT2D eigenvalue weighted by Gasteiger charge is -2.21. The summed E-state index contributed by atoms with van der Waals surface area (Å²) in [6, 6.07) is 11.0. The van der Waals surface area contributed by atoms with Crippen molar-refractivity contribution in [3.63, 3.8) is 0 Å². The van der Waals surface area contributed by atoms with Crippen LogP contribution in [-0.2, 0) is 6.42 Å². The fourth-order valence-corrected chi connectivity index (χ4v) is 2.87. The van der Waals surface area contributed by atoms with E-state index >= 15 is 0 Å². The fourth-order valence-electron chi connectivity index (χ4n) is 2.87. The number of hydrogen-bond donors (Lipinski definition) is 0. The molecule has 0 aliphatic carbocycles. The Morgan fingerprint density at radius 1 is 1.30 bits per heavy atom. The van der Waals surface area contributed by atoms with E-state index in [1.807, 2.05) is 6.92 Å². The van der Waals surface area contributed by atoms with Gasteiger partial charge in [-0.3, -0.25) is 4.90 Å². The van der Waals surface area contributed by atoms with Gasteiger partial charge in [-0.2, -0.15) is 0 Å². The minimum Gasteiger partial charge on any atom is -0.424 e. The Balaban J connectivity index is 1.67. The predicted molar refractivity (Wildman–Crippen MR) is 77.5 cm³/mol. The maximum absolute atomic E-state index is 5.68. The summed E-state index contributed by atoms with van der Waals surface area (Å²) in [5, 5.41) is 8.23. The molecule has 1 aromatic heterocycles. The van der Waals surface area contributed by atoms with Crippen molar-refractivity contribution in [1.29, 1.82) is 0 Å². The van der Waals surface area contributed by atoms with Gasteiger partial charge >= 0.3 is 0 Å². The zero-order chi connectivity index (χ0) is 13.9. The second kappa shape index (κ2) is 5.75. The first kappa shape index (κ1) is 13.3. The van der Waals surface area contributed by atoms with Gasteiger partial charge in [0.05, 0.1) is 6.04 Å². The monoisotopic (exact) mass is 271 g/mol. The van der Waals surface area contributed by atoms with Crippen molar-refractivity contribution in [2.24, 2.45) is 0 Å². The Hall–Kier alpha value is -1.68. The highest BCUT2D eigenvalue weighted by molar-refractivity contribution is 5.21. The minimum atomic E-state index is 0.205. The third kappa shape index (κ3) is 2.61. The fraction of sp³-hybridized carbons (Fsp3) is 0.500. The highest BCUT2D eigenvalue weighted by Gasteiger charge is 2.30. The van der Waals surface area contributed by atoms with E-state index in [1.165, 1.54) is 12.0 Å². The number of nitrogens with zero attached hydrogens (tertiary/aromatic N) is 3. The van der Waals surface area contributed by atoms with Crippen LogP contribution < -0.4 is 0 Å². The molecule has 1 saturated heterocycles. The molecule has 0 amide bonds. The molecule has 1 fully saturated rings. The largest absolute Gasteiger partial charge is 0.424 e. The van der Waals surface area contributed by atoms with Gasteiger partial charge in [0.15, 0.2) is 0 Å². The second-order valence-corrected chi connectivity index (χ2v) is 5.45. The molecule has 4 heteroatoms. The van der Waals surface area contributed by atoms with E-state index in [9.17, 15) is 0 Å². The van der Waals surface area contributed by atoms with Crippen LogP contribution in [0.5, 0.6) is 0 Å². The highest BCUT2D eigenvalue weighted by Crippen LogP contribution is 2.32. The van der Waals surface area contributed by atoms with Gasteiger partial charge in [-0.25, -0.2) is 0 Å². The molecule has 0 N–H and O–H groups in total. The molecular weight excluding hydrogens is 250 g/mol. The zero-order valence-corrected chi connectivity index (χ0v) is 12.1. The van der Waals surface area contributed by atoms with Crippen LogP contribution in [0.15, 0.2) is 34.7 Å². The minimum absolute atomic E-state index is 0.205. The lowest BCUT2D eigenvalue weighted by Crippen LogP contribution is -2.24. The summed E-state index contributed by atoms with van der Waals surface area (Å²) in [5.74, 6) is 2.09. The molecule has 106 valence electrons. The normalized spacial score (nSPS) is 21.2. The van der Waals surface area contributed by atoms with Crippen LogP contribution in [0.2, 0.25) is 0 Å². The smallest absolute Gasteiger partial charge is 0.233 e. The lowest BCUT2D eigenvalue weighted by atomic mass is 9.99. The molecule has 2 atom stereocenters. The van der Waals surface area contributed by atoms with E-state index in [0.717, 1.165) is 31.3 Å². The predicted octanol–water partition coefficient (Wildman–Crippen LogP) is 3.18. The van der Waals surface area contributed by atoms with Crippen molar-refractivity contribution in [1.82, 2.24) is 15.1 Å². The molecule has 3 rings (SSSR count). The van der Waals surface area contributed by atoms with Gasteiger partial charge in [-0.05, 0) is 31.4 Å². The van der Waals surface area contributed by atoms with Crippen LogP contribution in [0.3, 0.4) is 0 Å². The lowest BCUT2D eigenvalue weighted by molar-refractivity contribution is 0.219. The average molecular weight is 271 g/mol. The van der Waals surface area contributed by atoms with E-state index in [0.29, 0.717) is 5.92 Å². The second-order valence-electron chi connectivity index (χ2n) is 5.45. The quantitative estimate of drug-likeness (QED) is 0.856. The van der Waals surface area contributed by atoms with E-state index in [1.54, 1.807) is 0 Å². The van der Waals surface area contributed by atoms with Gasteiger partial charge in [0.25, 0.3) is 0 Å². The Kier molecular flexibility index (Phi) is 3.83. The summed E-state index contributed by atoms with van der Waals surface area (Å²) < 4.78 is 5.68. The van der Waals surface area contributed by atoms with Crippen molar-refractivity contribution < 1.29 is 4.42 Å². The summed E-state index contributed by atoms with van der Waals surface area (Å²) in [6.45, 7) is 6.34. The number of rotatable bonds is 4. The third-order valence-electron chi connectivity index (χ3n) is 4.18. The Morgan fingerprint density at radius 2 is 2.10 bits per heavy atom. The van der Waals surface area contributed by atoms with Gasteiger partial charge in [-0.1, -0.05) is 37.3 Å². The molecule has 20 heavy (non-hydrogen) atoms. The standard InChI is InChI=1S/C16H21N3O/c1-3-15-17-18-16(20-15)12(2)19-10-9-14(11-19)13-7-5-4-6-8-13/h4-8,12,14H,3,9-11H2,1-2H3/t12-,14+/m0/s1. The maximum Gasteiger partial charge on any atom is 0.233 e. The van der Waals surface area contributed by atoms with Crippen LogP contribution in [0, 0.1) is 0 Å². The van der Waals surface area contributed by atoms with E-state index in [4.69, 9.17) is 4.42 Å². The Bertz CT molecular complexity index is 552. The third-order valence-corrected chi connectivity index (χ3v) is 4.18. The van der Waals surface area contributed by atoms with Crippen molar-refractivity contribution in [3.8, 4) is 0 Å². The molecule has 1 aliphatic rings. The number of hydrogen-bond acceptors (Lipinski definition) is 4.